The maximum absolute atomic E-state index is 7.40. The summed E-state index contributed by atoms with van der Waals surface area (Å²) in [6.45, 7) is 21.9. The largest absolute Gasteiger partial charge is 0.458 e. The average Bonchev–Trinajstić information content (AvgIpc) is 3.31. The van der Waals surface area contributed by atoms with E-state index in [1.54, 1.807) is 0 Å². The van der Waals surface area contributed by atoms with E-state index in [9.17, 15) is 0 Å². The molecule has 0 N–H and O–H groups in total. The maximum atomic E-state index is 7.40. The quantitative estimate of drug-likeness (QED) is 0.164. The van der Waals surface area contributed by atoms with Gasteiger partial charge < -0.3 is 19.3 Å². The smallest absolute Gasteiger partial charge is 0.256 e. The summed E-state index contributed by atoms with van der Waals surface area (Å²) in [5.74, 6) is 3.43. The van der Waals surface area contributed by atoms with Gasteiger partial charge in [-0.1, -0.05) is 112 Å². The molecule has 0 spiro atoms. The fraction of sp³-hybridized carbons (Fsp3) is 0.156. The highest BCUT2D eigenvalue weighted by Crippen LogP contribution is 2.48. The molecule has 0 bridgehead atoms. The minimum Gasteiger partial charge on any atom is -0.458 e. The molecule has 4 nitrogen and oxygen atoms in total. The highest BCUT2D eigenvalue weighted by molar-refractivity contribution is 7.02. The van der Waals surface area contributed by atoms with Crippen LogP contribution in [0, 0.1) is 69.2 Å². The molecule has 4 heterocycles. The molecule has 9 aromatic carbocycles. The number of nitrogens with zero attached hydrogens (tertiary/aromatic N) is 2. The Balaban J connectivity index is 1.08. The van der Waals surface area contributed by atoms with Crippen LogP contribution in [0.25, 0.3) is 22.3 Å². The normalized spacial score (nSPS) is 13.4. The van der Waals surface area contributed by atoms with E-state index in [1.807, 2.05) is 0 Å². The zero-order valence-electron chi connectivity index (χ0n) is 41.7. The van der Waals surface area contributed by atoms with Gasteiger partial charge in [0.25, 0.3) is 13.4 Å². The fourth-order valence-electron chi connectivity index (χ4n) is 12.8. The number of hydrogen-bond donors (Lipinski definition) is 0. The van der Waals surface area contributed by atoms with Crippen molar-refractivity contribution in [3.05, 3.63) is 201 Å². The van der Waals surface area contributed by atoms with E-state index >= 15 is 0 Å². The maximum Gasteiger partial charge on any atom is 0.256 e. The van der Waals surface area contributed by atoms with Gasteiger partial charge in [0.05, 0.1) is 0 Å². The summed E-state index contributed by atoms with van der Waals surface area (Å²) in [5.41, 5.74) is 31.5. The van der Waals surface area contributed by atoms with Gasteiger partial charge in [-0.3, -0.25) is 0 Å². The number of ether oxygens (including phenoxy) is 2. The molecule has 0 saturated carbocycles. The topological polar surface area (TPSA) is 24.9 Å². The van der Waals surface area contributed by atoms with Crippen molar-refractivity contribution in [2.24, 2.45) is 0 Å². The van der Waals surface area contributed by atoms with Crippen LogP contribution in [0.1, 0.15) is 55.6 Å². The summed E-state index contributed by atoms with van der Waals surface area (Å²) >= 11 is 0. The van der Waals surface area contributed by atoms with Crippen molar-refractivity contribution in [2.75, 3.05) is 9.80 Å². The van der Waals surface area contributed by atoms with Crippen LogP contribution in [0.5, 0.6) is 23.0 Å². The lowest BCUT2D eigenvalue weighted by atomic mass is 9.30. The molecule has 13 rings (SSSR count). The number of rotatable bonds is 4. The van der Waals surface area contributed by atoms with Crippen LogP contribution < -0.4 is 52.1 Å². The van der Waals surface area contributed by atoms with Gasteiger partial charge in [-0.25, -0.2) is 0 Å². The van der Waals surface area contributed by atoms with Gasteiger partial charge >= 0.3 is 0 Å². The predicted octanol–water partition coefficient (Wildman–Crippen LogP) is 12.9. The van der Waals surface area contributed by atoms with E-state index in [0.717, 1.165) is 67.8 Å². The molecule has 0 amide bonds. The van der Waals surface area contributed by atoms with Crippen LogP contribution in [0.15, 0.2) is 146 Å². The van der Waals surface area contributed by atoms with Gasteiger partial charge in [0.15, 0.2) is 0 Å². The number of fused-ring (bicyclic) bond motifs is 8. The van der Waals surface area contributed by atoms with Gasteiger partial charge in [-0.05, 0) is 207 Å². The summed E-state index contributed by atoms with van der Waals surface area (Å²) in [7, 11) is 0. The molecular formula is C64H54B2N2O2. The third-order valence-electron chi connectivity index (χ3n) is 15.6. The molecule has 0 atom stereocenters. The van der Waals surface area contributed by atoms with Crippen LogP contribution >= 0.6 is 0 Å². The minimum atomic E-state index is -0.0929. The van der Waals surface area contributed by atoms with Gasteiger partial charge in [0.1, 0.15) is 23.0 Å². The first kappa shape index (κ1) is 42.4. The number of aryl methyl sites for hydroxylation is 10. The molecule has 0 aromatic heterocycles. The van der Waals surface area contributed by atoms with Crippen LogP contribution in [0.3, 0.4) is 0 Å². The summed E-state index contributed by atoms with van der Waals surface area (Å²) in [5, 5.41) is 0. The molecule has 4 aliphatic heterocycles. The third-order valence-corrected chi connectivity index (χ3v) is 15.6. The van der Waals surface area contributed by atoms with Gasteiger partial charge in [0, 0.05) is 40.2 Å². The van der Waals surface area contributed by atoms with Gasteiger partial charge in [0.2, 0.25) is 0 Å². The molecule has 6 heteroatoms. The Labute approximate surface area is 413 Å². The lowest BCUT2D eigenvalue weighted by Crippen LogP contribution is -2.63. The Bertz CT molecular complexity index is 3690. The minimum absolute atomic E-state index is 0.0911. The molecule has 0 radical (unpaired) electrons. The fourth-order valence-corrected chi connectivity index (χ4v) is 12.8. The molecule has 4 aliphatic rings. The second kappa shape index (κ2) is 15.4. The molecule has 0 saturated heterocycles. The molecule has 338 valence electrons. The van der Waals surface area contributed by atoms with Crippen molar-refractivity contribution < 1.29 is 9.47 Å². The van der Waals surface area contributed by atoms with E-state index < -0.39 is 0 Å². The first-order valence-electron chi connectivity index (χ1n) is 24.8. The van der Waals surface area contributed by atoms with Crippen LogP contribution in [0.4, 0.5) is 34.1 Å². The Kier molecular flexibility index (Phi) is 9.34. The summed E-state index contributed by atoms with van der Waals surface area (Å²) in [6, 6.07) is 55.1. The second-order valence-corrected chi connectivity index (χ2v) is 20.8. The Morgan fingerprint density at radius 3 is 1.31 bits per heavy atom. The summed E-state index contributed by atoms with van der Waals surface area (Å²) < 4.78 is 14.8. The first-order valence-corrected chi connectivity index (χ1v) is 24.8. The lowest BCUT2D eigenvalue weighted by molar-refractivity contribution is 0.466. The second-order valence-electron chi connectivity index (χ2n) is 20.8. The Hall–Kier alpha value is -7.69. The van der Waals surface area contributed by atoms with Crippen LogP contribution in [-0.4, -0.2) is 13.4 Å². The summed E-state index contributed by atoms with van der Waals surface area (Å²) in [6.07, 6.45) is 0. The van der Waals surface area contributed by atoms with Crippen molar-refractivity contribution in [1.29, 1.82) is 0 Å². The van der Waals surface area contributed by atoms with Crippen molar-refractivity contribution >= 4 is 80.3 Å². The van der Waals surface area contributed by atoms with E-state index in [4.69, 9.17) is 9.47 Å². The number of benzene rings is 9. The molecule has 9 aromatic rings. The molecule has 0 aliphatic carbocycles. The molecule has 70 heavy (non-hydrogen) atoms. The zero-order valence-corrected chi connectivity index (χ0v) is 41.7. The highest BCUT2D eigenvalue weighted by atomic mass is 16.5. The third kappa shape index (κ3) is 6.31. The number of hydrogen-bond acceptors (Lipinski definition) is 4. The molecular weight excluding hydrogens is 850 g/mol. The van der Waals surface area contributed by atoms with E-state index in [2.05, 4.69) is 225 Å². The first-order chi connectivity index (χ1) is 33.8. The zero-order chi connectivity index (χ0) is 48.0. The monoisotopic (exact) mass is 904 g/mol. The Morgan fingerprint density at radius 1 is 0.314 bits per heavy atom. The van der Waals surface area contributed by atoms with E-state index in [1.165, 1.54) is 100.0 Å². The van der Waals surface area contributed by atoms with E-state index in [-0.39, 0.29) is 13.4 Å². The average molecular weight is 905 g/mol. The SMILES string of the molecule is Cc1ccc(N2c3ccc(C)cc3B3c4cc5c(cc4Oc4cc(-c6c(C)cc(C)cc6C)cc2c43)Oc2cc(-c3c(C)cc(C)cc3C)cc3c2B5c2c(C)cccc2N3c2ccc(C)cc2)cc1. The van der Waals surface area contributed by atoms with Crippen molar-refractivity contribution in [3.8, 4) is 45.3 Å². The Morgan fingerprint density at radius 2 is 0.786 bits per heavy atom. The van der Waals surface area contributed by atoms with Crippen LogP contribution in [-0.2, 0) is 0 Å². The van der Waals surface area contributed by atoms with Crippen molar-refractivity contribution in [1.82, 2.24) is 0 Å². The summed E-state index contributed by atoms with van der Waals surface area (Å²) in [4.78, 5) is 4.95. The van der Waals surface area contributed by atoms with Crippen molar-refractivity contribution in [3.63, 3.8) is 0 Å². The van der Waals surface area contributed by atoms with Crippen molar-refractivity contribution in [2.45, 2.75) is 69.2 Å². The van der Waals surface area contributed by atoms with Gasteiger partial charge in [-0.15, -0.1) is 0 Å². The molecule has 0 unspecified atom stereocenters. The lowest BCUT2D eigenvalue weighted by Gasteiger charge is -2.43. The predicted molar refractivity (Wildman–Crippen MR) is 296 cm³/mol. The molecule has 0 fully saturated rings. The highest BCUT2D eigenvalue weighted by Gasteiger charge is 2.47. The number of anilines is 6. The van der Waals surface area contributed by atoms with E-state index in [0.29, 0.717) is 0 Å². The standard InChI is InChI=1S/C64H54B2N2O2/c1-35-14-19-47(20-15-35)67-52-23-18-37(3)28-49(52)65-50-33-51-57(34-56(50)69-58-31-45(29-54(67)63(58)65)60-41(7)24-38(4)25-42(60)8)70-59-32-46(61-43(9)26-39(5)27-44(61)10)30-55-64(59)66(51)62-40(6)12-11-13-53(62)68(55)48-21-16-36(2)17-22-48/h11-34H,1-10H3. The van der Waals surface area contributed by atoms with Gasteiger partial charge in [-0.2, -0.15) is 0 Å². The van der Waals surface area contributed by atoms with Crippen LogP contribution in [0.2, 0.25) is 0 Å².